The molecule has 382 valence electrons. The Bertz CT molecular complexity index is 5670. The zero-order chi connectivity index (χ0) is 53.6. The molecule has 0 saturated carbocycles. The normalized spacial score (nSPS) is 15.1. The van der Waals surface area contributed by atoms with Crippen LogP contribution in [0.4, 0.5) is 0 Å². The molecule has 4 aliphatic carbocycles. The van der Waals surface area contributed by atoms with Crippen LogP contribution in [0.25, 0.3) is 180 Å². The summed E-state index contributed by atoms with van der Waals surface area (Å²) in [4.78, 5) is 1.52. The second kappa shape index (κ2) is 15.4. The molecule has 0 fully saturated rings. The summed E-state index contributed by atoms with van der Waals surface area (Å²) in [6.07, 6.45) is 5.89. The van der Waals surface area contributed by atoms with Gasteiger partial charge in [0.05, 0.1) is 33.4 Å². The Morgan fingerprint density at radius 1 is 0.378 bits per heavy atom. The molecule has 0 aliphatic heterocycles. The molecule has 16 aromatic rings. The lowest BCUT2D eigenvalue weighted by atomic mass is 9.81. The first-order valence-electron chi connectivity index (χ1n) is 29.0. The van der Waals surface area contributed by atoms with Crippen molar-refractivity contribution in [3.63, 3.8) is 0 Å². The van der Waals surface area contributed by atoms with Gasteiger partial charge in [-0.15, -0.1) is 22.7 Å². The van der Waals surface area contributed by atoms with E-state index in [9.17, 15) is 0 Å². The molecule has 0 radical (unpaired) electrons. The van der Waals surface area contributed by atoms with Crippen LogP contribution in [-0.2, 0) is 11.8 Å². The summed E-state index contributed by atoms with van der Waals surface area (Å²) in [6.45, 7) is 7.24. The Labute approximate surface area is 480 Å². The minimum atomic E-state index is -0.241. The number of benzene rings is 12. The summed E-state index contributed by atoms with van der Waals surface area (Å²) in [6, 6.07) is 79.3. The first-order valence-corrected chi connectivity index (χ1v) is 30.6. The van der Waals surface area contributed by atoms with Crippen LogP contribution in [0.5, 0.6) is 0 Å². The molecule has 4 aromatic heterocycles. The van der Waals surface area contributed by atoms with Crippen molar-refractivity contribution in [2.75, 3.05) is 0 Å². The predicted molar refractivity (Wildman–Crippen MR) is 352 cm³/mol. The van der Waals surface area contributed by atoms with E-state index in [-0.39, 0.29) is 5.41 Å². The lowest BCUT2D eigenvalue weighted by molar-refractivity contribution is 0.661. The van der Waals surface area contributed by atoms with Gasteiger partial charge in [0, 0.05) is 84.0 Å². The number of nitrogens with zero attached hydrogens (tertiary/aromatic N) is 2. The lowest BCUT2D eigenvalue weighted by Gasteiger charge is -2.22. The molecule has 12 aromatic carbocycles. The Balaban J connectivity index is 0.719. The average molecular weight is 1080 g/mol. The number of thiophene rings is 2. The summed E-state index contributed by atoms with van der Waals surface area (Å²) in [5, 5.41) is 14.5. The van der Waals surface area contributed by atoms with Gasteiger partial charge in [0.15, 0.2) is 0 Å². The zero-order valence-electron chi connectivity index (χ0n) is 45.3. The molecule has 20 rings (SSSR count). The van der Waals surface area contributed by atoms with Gasteiger partial charge in [-0.25, -0.2) is 0 Å². The van der Waals surface area contributed by atoms with Crippen LogP contribution in [-0.4, -0.2) is 9.13 Å². The molecular weight excluding hydrogens is 1030 g/mol. The molecule has 4 heterocycles. The molecule has 0 amide bonds. The van der Waals surface area contributed by atoms with E-state index in [1.165, 1.54) is 195 Å². The average Bonchev–Trinajstić information content (AvgIpc) is 2.69. The summed E-state index contributed by atoms with van der Waals surface area (Å²) >= 11 is 3.99. The first-order chi connectivity index (χ1) is 40.4. The second-order valence-corrected chi connectivity index (χ2v) is 26.4. The Kier molecular flexibility index (Phi) is 8.32. The molecular formula is C78H48N2S2. The van der Waals surface area contributed by atoms with Crippen LogP contribution in [0.2, 0.25) is 0 Å². The topological polar surface area (TPSA) is 9.86 Å². The number of allylic oxidation sites excluding steroid dienone is 1. The third-order valence-electron chi connectivity index (χ3n) is 19.7. The highest BCUT2D eigenvalue weighted by Crippen LogP contribution is 2.58. The minimum absolute atomic E-state index is 0.241. The van der Waals surface area contributed by atoms with Crippen molar-refractivity contribution < 1.29 is 0 Å². The van der Waals surface area contributed by atoms with E-state index in [1.807, 2.05) is 22.7 Å². The SMILES string of the molecule is CC1C=Cc2c(sc3c4c(ccc23)-c2ccc(-n3c5ccccc5c5cc6c(cc53)C(C)(C)c3cc(-c5cccc7c5sc5c8c(ccc57)-c5ccc(-n7c9ccccc9c9ccccc97)c7cccc-8c57)ccc3-6)c3cccc-4c23)C1. The van der Waals surface area contributed by atoms with E-state index >= 15 is 0 Å². The van der Waals surface area contributed by atoms with E-state index < -0.39 is 0 Å². The smallest absolute Gasteiger partial charge is 0.0544 e. The summed E-state index contributed by atoms with van der Waals surface area (Å²) < 4.78 is 9.20. The van der Waals surface area contributed by atoms with Gasteiger partial charge in [-0.3, -0.25) is 0 Å². The third-order valence-corrected chi connectivity index (χ3v) is 22.3. The Morgan fingerprint density at radius 2 is 0.890 bits per heavy atom. The van der Waals surface area contributed by atoms with Crippen LogP contribution in [0.1, 0.15) is 42.3 Å². The van der Waals surface area contributed by atoms with Gasteiger partial charge in [0.2, 0.25) is 0 Å². The largest absolute Gasteiger partial charge is 0.309 e. The minimum Gasteiger partial charge on any atom is -0.309 e. The molecule has 2 nitrogen and oxygen atoms in total. The van der Waals surface area contributed by atoms with E-state index in [4.69, 9.17) is 0 Å². The molecule has 0 N–H and O–H groups in total. The van der Waals surface area contributed by atoms with Crippen LogP contribution in [0.15, 0.2) is 212 Å². The van der Waals surface area contributed by atoms with Crippen LogP contribution >= 0.6 is 22.7 Å². The Hall–Kier alpha value is -9.32. The van der Waals surface area contributed by atoms with E-state index in [2.05, 4.69) is 248 Å². The number of para-hydroxylation sites is 3. The van der Waals surface area contributed by atoms with E-state index in [1.54, 1.807) is 0 Å². The van der Waals surface area contributed by atoms with Gasteiger partial charge in [-0.05, 0) is 144 Å². The predicted octanol–water partition coefficient (Wildman–Crippen LogP) is 22.2. The van der Waals surface area contributed by atoms with Crippen LogP contribution < -0.4 is 0 Å². The fourth-order valence-corrected chi connectivity index (χ4v) is 19.0. The second-order valence-electron chi connectivity index (χ2n) is 24.2. The van der Waals surface area contributed by atoms with Crippen molar-refractivity contribution in [1.82, 2.24) is 9.13 Å². The molecule has 1 atom stereocenters. The van der Waals surface area contributed by atoms with Gasteiger partial charge in [0.1, 0.15) is 0 Å². The standard InChI is InChI=1S/C78H48N2S2/c1-41-25-27-48-54-31-29-51-49-34-36-68(57-19-12-20-58(72(49)57)73(51)76(54)81-70(48)37-41)80-66-24-9-6-15-47(66)61-39-60-44-28-26-42(38-62(44)78(2,3)63(60)40-69(61)80)43-16-10-17-53-55-32-30-52-50-33-35-67(56-18-11-21-59(71(50)56)74(52)77(55)82-75(43)53)79-64-22-7-4-13-45(64)46-14-5-8-23-65(46)79/h4-36,38-41H,37H2,1-3H3. The van der Waals surface area contributed by atoms with Gasteiger partial charge in [-0.2, -0.15) is 0 Å². The number of aromatic nitrogens is 2. The molecule has 4 heteroatoms. The molecule has 0 saturated heterocycles. The fourth-order valence-electron chi connectivity index (χ4n) is 16.1. The first kappa shape index (κ1) is 44.4. The highest BCUT2D eigenvalue weighted by atomic mass is 32.1. The van der Waals surface area contributed by atoms with Crippen molar-refractivity contribution in [3.05, 3.63) is 234 Å². The van der Waals surface area contributed by atoms with Crippen molar-refractivity contribution >= 4 is 124 Å². The van der Waals surface area contributed by atoms with E-state index in [0.717, 1.165) is 6.42 Å². The summed E-state index contributed by atoms with van der Waals surface area (Å²) in [5.41, 5.74) is 27.5. The van der Waals surface area contributed by atoms with E-state index in [0.29, 0.717) is 5.92 Å². The van der Waals surface area contributed by atoms with Crippen LogP contribution in [0.3, 0.4) is 0 Å². The molecule has 4 aliphatic rings. The van der Waals surface area contributed by atoms with Gasteiger partial charge >= 0.3 is 0 Å². The Morgan fingerprint density at radius 3 is 1.55 bits per heavy atom. The number of hydrogen-bond acceptors (Lipinski definition) is 2. The summed E-state index contributed by atoms with van der Waals surface area (Å²) in [7, 11) is 0. The van der Waals surface area contributed by atoms with Crippen molar-refractivity contribution in [2.24, 2.45) is 5.92 Å². The van der Waals surface area contributed by atoms with Crippen LogP contribution in [0, 0.1) is 5.92 Å². The van der Waals surface area contributed by atoms with Gasteiger partial charge in [-0.1, -0.05) is 191 Å². The van der Waals surface area contributed by atoms with Crippen molar-refractivity contribution in [1.29, 1.82) is 0 Å². The molecule has 0 spiro atoms. The van der Waals surface area contributed by atoms with Gasteiger partial charge in [0.25, 0.3) is 0 Å². The van der Waals surface area contributed by atoms with Gasteiger partial charge < -0.3 is 9.13 Å². The number of rotatable bonds is 3. The maximum absolute atomic E-state index is 2.58. The fraction of sp³-hybridized carbons (Fsp3) is 0.0769. The molecule has 0 bridgehead atoms. The quantitative estimate of drug-likeness (QED) is 0.167. The third kappa shape index (κ3) is 5.42. The maximum atomic E-state index is 2.58. The molecule has 82 heavy (non-hydrogen) atoms. The summed E-state index contributed by atoms with van der Waals surface area (Å²) in [5.74, 6) is 0.573. The lowest BCUT2D eigenvalue weighted by Crippen LogP contribution is -2.15. The van der Waals surface area contributed by atoms with Crippen molar-refractivity contribution in [3.8, 4) is 78.1 Å². The molecule has 1 unspecified atom stereocenters. The number of hydrogen-bond donors (Lipinski definition) is 0. The highest BCUT2D eigenvalue weighted by molar-refractivity contribution is 7.27. The number of fused-ring (bicyclic) bond motifs is 23. The highest BCUT2D eigenvalue weighted by Gasteiger charge is 2.38. The zero-order valence-corrected chi connectivity index (χ0v) is 46.9. The monoisotopic (exact) mass is 1080 g/mol. The maximum Gasteiger partial charge on any atom is 0.0544 e. The van der Waals surface area contributed by atoms with Crippen molar-refractivity contribution in [2.45, 2.75) is 32.6 Å².